The van der Waals surface area contributed by atoms with Crippen LogP contribution in [-0.2, 0) is 12.4 Å². The molecule has 8 heteroatoms. The van der Waals surface area contributed by atoms with Gasteiger partial charge in [-0.25, -0.2) is 0 Å². The predicted molar refractivity (Wildman–Crippen MR) is 90.9 cm³/mol. The van der Waals surface area contributed by atoms with Crippen LogP contribution in [0, 0.1) is 0 Å². The van der Waals surface area contributed by atoms with Crippen LogP contribution in [0.5, 0.6) is 5.75 Å². The Morgan fingerprint density at radius 3 is 2.77 bits per heavy atom. The summed E-state index contributed by atoms with van der Waals surface area (Å²) >= 11 is 9.17. The molecule has 0 unspecified atom stereocenters. The van der Waals surface area contributed by atoms with Crippen LogP contribution in [0.2, 0.25) is 5.02 Å². The molecule has 2 aromatic heterocycles. The van der Waals surface area contributed by atoms with Crippen molar-refractivity contribution in [3.8, 4) is 5.75 Å². The molecular weight excluding hydrogens is 340 g/mol. The lowest BCUT2D eigenvalue weighted by Gasteiger charge is -2.03. The second-order valence-electron chi connectivity index (χ2n) is 4.91. The fourth-order valence-electron chi connectivity index (χ4n) is 1.76. The summed E-state index contributed by atoms with van der Waals surface area (Å²) in [4.78, 5) is 0.800. The third kappa shape index (κ3) is 3.71. The normalized spacial score (nSPS) is 11.5. The number of thioether (sulfide) groups is 1. The molecule has 0 radical (unpaired) electrons. The Bertz CT molecular complexity index is 754. The molecule has 3 aromatic rings. The van der Waals surface area contributed by atoms with Crippen LogP contribution in [0.15, 0.2) is 24.3 Å². The highest BCUT2D eigenvalue weighted by Crippen LogP contribution is 2.21. The summed E-state index contributed by atoms with van der Waals surface area (Å²) in [7, 11) is 0. The van der Waals surface area contributed by atoms with Gasteiger partial charge in [0.2, 0.25) is 4.96 Å². The van der Waals surface area contributed by atoms with Crippen molar-refractivity contribution in [2.45, 2.75) is 31.5 Å². The van der Waals surface area contributed by atoms with Crippen molar-refractivity contribution in [2.75, 3.05) is 0 Å². The number of hydrogen-bond acceptors (Lipinski definition) is 6. The van der Waals surface area contributed by atoms with Crippen molar-refractivity contribution in [2.24, 2.45) is 0 Å². The van der Waals surface area contributed by atoms with Gasteiger partial charge in [0.15, 0.2) is 10.8 Å². The summed E-state index contributed by atoms with van der Waals surface area (Å²) in [6, 6.07) is 7.29. The molecule has 5 nitrogen and oxygen atoms in total. The molecular formula is C14H15ClN4OS2. The van der Waals surface area contributed by atoms with Crippen LogP contribution in [-0.4, -0.2) is 25.1 Å². The molecule has 0 aliphatic carbocycles. The first-order valence-electron chi connectivity index (χ1n) is 6.82. The quantitative estimate of drug-likeness (QED) is 0.668. The summed E-state index contributed by atoms with van der Waals surface area (Å²) in [5.74, 6) is 2.45. The molecule has 0 bridgehead atoms. The van der Waals surface area contributed by atoms with Crippen molar-refractivity contribution in [3.63, 3.8) is 0 Å². The van der Waals surface area contributed by atoms with E-state index in [4.69, 9.17) is 16.3 Å². The molecule has 3 rings (SSSR count). The molecule has 0 spiro atoms. The van der Waals surface area contributed by atoms with Crippen LogP contribution in [0.1, 0.15) is 24.7 Å². The summed E-state index contributed by atoms with van der Waals surface area (Å²) < 4.78 is 7.51. The maximum absolute atomic E-state index is 5.85. The zero-order valence-electron chi connectivity index (χ0n) is 12.2. The van der Waals surface area contributed by atoms with Crippen LogP contribution in [0.4, 0.5) is 0 Å². The third-order valence-electron chi connectivity index (χ3n) is 2.82. The van der Waals surface area contributed by atoms with Crippen LogP contribution < -0.4 is 4.74 Å². The summed E-state index contributed by atoms with van der Waals surface area (Å²) in [6.45, 7) is 4.73. The Morgan fingerprint density at radius 1 is 1.27 bits per heavy atom. The standard InChI is InChI=1S/C14H15ClN4OS2/c1-9(2)21-8-12-16-17-14-19(12)18-13(22-14)7-20-11-5-3-10(15)4-6-11/h3-6,9H,7-8H2,1-2H3. The van der Waals surface area contributed by atoms with E-state index in [-0.39, 0.29) is 0 Å². The van der Waals surface area contributed by atoms with Gasteiger partial charge in [0, 0.05) is 5.02 Å². The molecule has 0 amide bonds. The molecule has 116 valence electrons. The van der Waals surface area contributed by atoms with E-state index in [0.717, 1.165) is 27.3 Å². The first kappa shape index (κ1) is 15.6. The molecule has 2 heterocycles. The highest BCUT2D eigenvalue weighted by atomic mass is 35.5. The summed E-state index contributed by atoms with van der Waals surface area (Å²) in [6.07, 6.45) is 0. The zero-order valence-corrected chi connectivity index (χ0v) is 14.6. The highest BCUT2D eigenvalue weighted by molar-refractivity contribution is 7.99. The number of benzene rings is 1. The van der Waals surface area contributed by atoms with E-state index in [1.807, 2.05) is 23.9 Å². The number of nitrogens with zero attached hydrogens (tertiary/aromatic N) is 4. The van der Waals surface area contributed by atoms with Crippen LogP contribution in [0.3, 0.4) is 0 Å². The Labute approximate surface area is 141 Å². The van der Waals surface area contributed by atoms with Gasteiger partial charge >= 0.3 is 0 Å². The van der Waals surface area contributed by atoms with Gasteiger partial charge in [-0.3, -0.25) is 0 Å². The molecule has 0 N–H and O–H groups in total. The van der Waals surface area contributed by atoms with Gasteiger partial charge < -0.3 is 4.74 Å². The summed E-state index contributed by atoms with van der Waals surface area (Å²) in [5.41, 5.74) is 0. The summed E-state index contributed by atoms with van der Waals surface area (Å²) in [5, 5.41) is 15.0. The minimum absolute atomic E-state index is 0.409. The largest absolute Gasteiger partial charge is 0.486 e. The molecule has 0 fully saturated rings. The van der Waals surface area contributed by atoms with E-state index in [2.05, 4.69) is 29.1 Å². The smallest absolute Gasteiger partial charge is 0.234 e. The lowest BCUT2D eigenvalue weighted by atomic mass is 10.3. The lowest BCUT2D eigenvalue weighted by Crippen LogP contribution is -1.99. The molecule has 1 aromatic carbocycles. The first-order chi connectivity index (χ1) is 10.6. The van der Waals surface area contributed by atoms with E-state index in [9.17, 15) is 0 Å². The highest BCUT2D eigenvalue weighted by Gasteiger charge is 2.12. The number of aromatic nitrogens is 4. The molecule has 22 heavy (non-hydrogen) atoms. The van der Waals surface area contributed by atoms with E-state index in [0.29, 0.717) is 16.9 Å². The lowest BCUT2D eigenvalue weighted by molar-refractivity contribution is 0.304. The predicted octanol–water partition coefficient (Wildman–Crippen LogP) is 4.06. The topological polar surface area (TPSA) is 52.3 Å². The maximum atomic E-state index is 5.85. The van der Waals surface area contributed by atoms with Gasteiger partial charge in [-0.05, 0) is 29.5 Å². The minimum atomic E-state index is 0.409. The van der Waals surface area contributed by atoms with Crippen molar-refractivity contribution < 1.29 is 4.74 Å². The van der Waals surface area contributed by atoms with Gasteiger partial charge in [-0.1, -0.05) is 36.8 Å². The number of halogens is 1. The third-order valence-corrected chi connectivity index (χ3v) is 5.03. The monoisotopic (exact) mass is 354 g/mol. The average molecular weight is 355 g/mol. The van der Waals surface area contributed by atoms with Gasteiger partial charge in [0.05, 0.1) is 5.75 Å². The fraction of sp³-hybridized carbons (Fsp3) is 0.357. The van der Waals surface area contributed by atoms with Gasteiger partial charge in [0.25, 0.3) is 0 Å². The first-order valence-corrected chi connectivity index (χ1v) is 9.06. The Kier molecular flexibility index (Phi) is 4.85. The Morgan fingerprint density at radius 2 is 2.05 bits per heavy atom. The van der Waals surface area contributed by atoms with Crippen LogP contribution >= 0.6 is 34.7 Å². The van der Waals surface area contributed by atoms with Crippen molar-refractivity contribution in [3.05, 3.63) is 40.1 Å². The molecule has 0 atom stereocenters. The minimum Gasteiger partial charge on any atom is -0.486 e. The molecule has 0 saturated heterocycles. The van der Waals surface area contributed by atoms with Gasteiger partial charge in [-0.15, -0.1) is 10.2 Å². The number of ether oxygens (including phenoxy) is 1. The fourth-order valence-corrected chi connectivity index (χ4v) is 3.32. The van der Waals surface area contributed by atoms with Crippen molar-refractivity contribution in [1.29, 1.82) is 0 Å². The molecule has 0 aliphatic heterocycles. The SMILES string of the molecule is CC(C)SCc1nnc2sc(COc3ccc(Cl)cc3)nn12. The second-order valence-corrected chi connectivity index (χ2v) is 7.95. The average Bonchev–Trinajstić information content (AvgIpc) is 3.05. The number of fused-ring (bicyclic) bond motifs is 1. The second kappa shape index (κ2) is 6.85. The van der Waals surface area contributed by atoms with Crippen molar-refractivity contribution in [1.82, 2.24) is 19.8 Å². The van der Waals surface area contributed by atoms with Gasteiger partial charge in [-0.2, -0.15) is 21.4 Å². The Hall–Kier alpha value is -1.31. The molecule has 0 saturated carbocycles. The Balaban J connectivity index is 1.68. The number of hydrogen-bond donors (Lipinski definition) is 0. The van der Waals surface area contributed by atoms with E-state index < -0.39 is 0 Å². The van der Waals surface area contributed by atoms with E-state index in [1.54, 1.807) is 16.6 Å². The van der Waals surface area contributed by atoms with E-state index in [1.165, 1.54) is 11.3 Å². The van der Waals surface area contributed by atoms with Crippen LogP contribution in [0.25, 0.3) is 4.96 Å². The maximum Gasteiger partial charge on any atom is 0.234 e. The number of rotatable bonds is 6. The van der Waals surface area contributed by atoms with Gasteiger partial charge in [0.1, 0.15) is 12.4 Å². The zero-order chi connectivity index (χ0) is 15.5. The molecule has 0 aliphatic rings. The van der Waals surface area contributed by atoms with E-state index >= 15 is 0 Å². The van der Waals surface area contributed by atoms with Crippen molar-refractivity contribution >= 4 is 39.7 Å².